The molecule has 0 radical (unpaired) electrons. The van der Waals surface area contributed by atoms with Gasteiger partial charge in [-0.2, -0.15) is 4.31 Å². The fourth-order valence-electron chi connectivity index (χ4n) is 2.07. The maximum absolute atomic E-state index is 12.6. The summed E-state index contributed by atoms with van der Waals surface area (Å²) in [5, 5.41) is 19.8. The van der Waals surface area contributed by atoms with Gasteiger partial charge in [-0.3, -0.25) is 10.1 Å². The second-order valence-electron chi connectivity index (χ2n) is 4.78. The molecule has 0 aromatic heterocycles. The van der Waals surface area contributed by atoms with Crippen molar-refractivity contribution in [3.8, 4) is 0 Å². The minimum Gasteiger partial charge on any atom is -0.395 e. The molecule has 0 heterocycles. The second-order valence-corrected chi connectivity index (χ2v) is 6.64. The van der Waals surface area contributed by atoms with Gasteiger partial charge in [0.05, 0.1) is 16.4 Å². The molecular weight excluding hydrogens is 284 g/mol. The first-order valence-corrected chi connectivity index (χ1v) is 7.69. The van der Waals surface area contributed by atoms with Crippen LogP contribution in [0.1, 0.15) is 18.4 Å². The molecule has 20 heavy (non-hydrogen) atoms. The van der Waals surface area contributed by atoms with Crippen molar-refractivity contribution in [3.63, 3.8) is 0 Å². The van der Waals surface area contributed by atoms with Gasteiger partial charge in [0, 0.05) is 24.7 Å². The smallest absolute Gasteiger partial charge is 0.270 e. The van der Waals surface area contributed by atoms with E-state index >= 15 is 0 Å². The Hall–Kier alpha value is -1.51. The van der Waals surface area contributed by atoms with Gasteiger partial charge in [-0.25, -0.2) is 8.42 Å². The topological polar surface area (TPSA) is 101 Å². The van der Waals surface area contributed by atoms with Crippen molar-refractivity contribution in [2.24, 2.45) is 0 Å². The Labute approximate surface area is 117 Å². The van der Waals surface area contributed by atoms with Crippen LogP contribution in [0.5, 0.6) is 0 Å². The SMILES string of the molecule is Cc1ccc([N+](=O)[O-])cc1S(=O)(=O)N(CCO)C1CC1. The summed E-state index contributed by atoms with van der Waals surface area (Å²) in [6.07, 6.45) is 1.51. The number of aryl methyl sites for hydroxylation is 1. The number of rotatable bonds is 6. The van der Waals surface area contributed by atoms with E-state index in [0.29, 0.717) is 5.56 Å². The molecule has 110 valence electrons. The van der Waals surface area contributed by atoms with Crippen molar-refractivity contribution in [2.45, 2.75) is 30.7 Å². The lowest BCUT2D eigenvalue weighted by atomic mass is 10.2. The van der Waals surface area contributed by atoms with E-state index in [1.54, 1.807) is 6.92 Å². The van der Waals surface area contributed by atoms with Crippen LogP contribution in [0.25, 0.3) is 0 Å². The first-order chi connectivity index (χ1) is 9.37. The Morgan fingerprint density at radius 1 is 1.45 bits per heavy atom. The molecule has 7 nitrogen and oxygen atoms in total. The van der Waals surface area contributed by atoms with Gasteiger partial charge in [-0.05, 0) is 25.3 Å². The molecule has 0 saturated heterocycles. The Bertz CT molecular complexity index is 625. The highest BCUT2D eigenvalue weighted by molar-refractivity contribution is 7.89. The van der Waals surface area contributed by atoms with Crippen LogP contribution >= 0.6 is 0 Å². The first kappa shape index (κ1) is 14.9. The first-order valence-electron chi connectivity index (χ1n) is 6.25. The molecule has 0 unspecified atom stereocenters. The van der Waals surface area contributed by atoms with Gasteiger partial charge >= 0.3 is 0 Å². The van der Waals surface area contributed by atoms with Crippen LogP contribution in [-0.2, 0) is 10.0 Å². The molecule has 1 N–H and O–H groups in total. The maximum Gasteiger partial charge on any atom is 0.270 e. The number of sulfonamides is 1. The monoisotopic (exact) mass is 300 g/mol. The second kappa shape index (κ2) is 5.47. The van der Waals surface area contributed by atoms with E-state index in [4.69, 9.17) is 5.11 Å². The highest BCUT2D eigenvalue weighted by atomic mass is 32.2. The summed E-state index contributed by atoms with van der Waals surface area (Å²) >= 11 is 0. The van der Waals surface area contributed by atoms with Crippen LogP contribution in [-0.4, -0.2) is 41.9 Å². The minimum atomic E-state index is -3.82. The molecular formula is C12H16N2O5S. The van der Waals surface area contributed by atoms with Crippen LogP contribution < -0.4 is 0 Å². The number of hydrogen-bond donors (Lipinski definition) is 1. The molecule has 1 saturated carbocycles. The van der Waals surface area contributed by atoms with Gasteiger partial charge < -0.3 is 5.11 Å². The molecule has 1 aliphatic carbocycles. The molecule has 1 fully saturated rings. The molecule has 0 aliphatic heterocycles. The molecule has 0 bridgehead atoms. The molecule has 0 amide bonds. The third-order valence-corrected chi connectivity index (χ3v) is 5.34. The van der Waals surface area contributed by atoms with Crippen LogP contribution in [0.4, 0.5) is 5.69 Å². The van der Waals surface area contributed by atoms with Gasteiger partial charge in [0.2, 0.25) is 10.0 Å². The molecule has 0 spiro atoms. The summed E-state index contributed by atoms with van der Waals surface area (Å²) in [4.78, 5) is 10.1. The summed E-state index contributed by atoms with van der Waals surface area (Å²) in [5.41, 5.74) is 0.202. The van der Waals surface area contributed by atoms with Gasteiger partial charge in [-0.15, -0.1) is 0 Å². The zero-order valence-corrected chi connectivity index (χ0v) is 11.8. The quantitative estimate of drug-likeness (QED) is 0.625. The number of benzene rings is 1. The maximum atomic E-state index is 12.6. The van der Waals surface area contributed by atoms with E-state index in [0.717, 1.165) is 18.9 Å². The standard InChI is InChI=1S/C12H16N2O5S/c1-9-2-3-11(14(16)17)8-12(9)20(18,19)13(6-7-15)10-4-5-10/h2-3,8,10,15H,4-7H2,1H3. The molecule has 2 rings (SSSR count). The average molecular weight is 300 g/mol. The van der Waals surface area contributed by atoms with Crippen LogP contribution in [0.3, 0.4) is 0 Å². The van der Waals surface area contributed by atoms with E-state index in [1.165, 1.54) is 16.4 Å². The van der Waals surface area contributed by atoms with Crippen molar-refractivity contribution >= 4 is 15.7 Å². The fraction of sp³-hybridized carbons (Fsp3) is 0.500. The predicted molar refractivity (Wildman–Crippen MR) is 71.8 cm³/mol. The molecule has 1 aromatic rings. The largest absolute Gasteiger partial charge is 0.395 e. The number of aliphatic hydroxyl groups excluding tert-OH is 1. The van der Waals surface area contributed by atoms with E-state index in [-0.39, 0.29) is 29.8 Å². The normalized spacial score (nSPS) is 15.6. The Morgan fingerprint density at radius 3 is 2.60 bits per heavy atom. The van der Waals surface area contributed by atoms with E-state index in [9.17, 15) is 18.5 Å². The van der Waals surface area contributed by atoms with Crippen molar-refractivity contribution in [1.82, 2.24) is 4.31 Å². The van der Waals surface area contributed by atoms with Crippen molar-refractivity contribution < 1.29 is 18.4 Å². The summed E-state index contributed by atoms with van der Waals surface area (Å²) in [7, 11) is -3.82. The summed E-state index contributed by atoms with van der Waals surface area (Å²) in [5.74, 6) is 0. The third-order valence-electron chi connectivity index (χ3n) is 3.24. The lowest BCUT2D eigenvalue weighted by Gasteiger charge is -2.21. The number of aliphatic hydroxyl groups is 1. The van der Waals surface area contributed by atoms with Crippen molar-refractivity contribution in [2.75, 3.05) is 13.2 Å². The van der Waals surface area contributed by atoms with E-state index < -0.39 is 14.9 Å². The number of nitro benzene ring substituents is 1. The Morgan fingerprint density at radius 2 is 2.10 bits per heavy atom. The zero-order valence-electron chi connectivity index (χ0n) is 11.0. The van der Waals surface area contributed by atoms with Gasteiger partial charge in [0.15, 0.2) is 0 Å². The summed E-state index contributed by atoms with van der Waals surface area (Å²) in [6.45, 7) is 1.33. The average Bonchev–Trinajstić information content (AvgIpc) is 3.19. The number of hydrogen-bond acceptors (Lipinski definition) is 5. The van der Waals surface area contributed by atoms with Gasteiger partial charge in [0.25, 0.3) is 5.69 Å². The van der Waals surface area contributed by atoms with Gasteiger partial charge in [-0.1, -0.05) is 6.07 Å². The predicted octanol–water partition coefficient (Wildman–Crippen LogP) is 1.05. The van der Waals surface area contributed by atoms with Crippen molar-refractivity contribution in [3.05, 3.63) is 33.9 Å². The summed E-state index contributed by atoms with van der Waals surface area (Å²) in [6, 6.07) is 3.68. The van der Waals surface area contributed by atoms with Gasteiger partial charge in [0.1, 0.15) is 0 Å². The van der Waals surface area contributed by atoms with Crippen LogP contribution in [0.2, 0.25) is 0 Å². The molecule has 1 aromatic carbocycles. The number of nitrogens with zero attached hydrogens (tertiary/aromatic N) is 2. The third kappa shape index (κ3) is 2.82. The van der Waals surface area contributed by atoms with Crippen LogP contribution in [0.15, 0.2) is 23.1 Å². The lowest BCUT2D eigenvalue weighted by Crippen LogP contribution is -2.35. The lowest BCUT2D eigenvalue weighted by molar-refractivity contribution is -0.385. The van der Waals surface area contributed by atoms with E-state index in [2.05, 4.69) is 0 Å². The number of nitro groups is 1. The molecule has 0 atom stereocenters. The Kier molecular flexibility index (Phi) is 4.07. The minimum absolute atomic E-state index is 0.00906. The Balaban J connectivity index is 2.47. The van der Waals surface area contributed by atoms with Crippen molar-refractivity contribution in [1.29, 1.82) is 0 Å². The molecule has 8 heteroatoms. The zero-order chi connectivity index (χ0) is 14.9. The number of non-ortho nitro benzene ring substituents is 1. The summed E-state index contributed by atoms with van der Waals surface area (Å²) < 4.78 is 26.4. The fourth-order valence-corrected chi connectivity index (χ4v) is 3.99. The van der Waals surface area contributed by atoms with E-state index in [1.807, 2.05) is 0 Å². The highest BCUT2D eigenvalue weighted by Gasteiger charge is 2.38. The van der Waals surface area contributed by atoms with Crippen LogP contribution in [0, 0.1) is 17.0 Å². The molecule has 1 aliphatic rings. The highest BCUT2D eigenvalue weighted by Crippen LogP contribution is 2.33.